The van der Waals surface area contributed by atoms with Gasteiger partial charge in [0.15, 0.2) is 5.13 Å². The summed E-state index contributed by atoms with van der Waals surface area (Å²) in [6.07, 6.45) is 0.402. The van der Waals surface area contributed by atoms with E-state index in [1.165, 1.54) is 23.1 Å². The molecular weight excluding hydrogens is 308 g/mol. The van der Waals surface area contributed by atoms with Crippen LogP contribution < -0.4 is 16.4 Å². The molecule has 19 heavy (non-hydrogen) atoms. The molecule has 0 unspecified atom stereocenters. The lowest BCUT2D eigenvalue weighted by molar-refractivity contribution is -0.116. The van der Waals surface area contributed by atoms with Crippen molar-refractivity contribution < 1.29 is 9.59 Å². The molecule has 0 aliphatic heterocycles. The molecule has 0 fully saturated rings. The number of nitrogens with two attached hydrogens (primary N) is 1. The number of hydrogen-bond acceptors (Lipinski definition) is 6. The molecule has 0 saturated carbocycles. The Morgan fingerprint density at radius 2 is 2.16 bits per heavy atom. The molecule has 1 aromatic heterocycles. The highest BCUT2D eigenvalue weighted by atomic mass is 35.5. The van der Waals surface area contributed by atoms with E-state index in [0.717, 1.165) is 9.90 Å². The minimum atomic E-state index is -0.368. The zero-order chi connectivity index (χ0) is 13.5. The van der Waals surface area contributed by atoms with E-state index in [9.17, 15) is 9.59 Å². The van der Waals surface area contributed by atoms with E-state index in [1.54, 1.807) is 7.05 Å². The summed E-state index contributed by atoms with van der Waals surface area (Å²) >= 11 is 2.69. The van der Waals surface area contributed by atoms with Gasteiger partial charge in [0.2, 0.25) is 11.8 Å². The van der Waals surface area contributed by atoms with Gasteiger partial charge in [-0.2, -0.15) is 0 Å². The van der Waals surface area contributed by atoms with Crippen LogP contribution in [-0.4, -0.2) is 36.1 Å². The highest BCUT2D eigenvalue weighted by molar-refractivity contribution is 8.01. The number of carbonyl (C=O) groups is 2. The molecule has 0 aliphatic rings. The molecule has 1 rings (SSSR count). The smallest absolute Gasteiger partial charge is 0.227 e. The zero-order valence-electron chi connectivity index (χ0n) is 10.7. The van der Waals surface area contributed by atoms with Crippen molar-refractivity contribution in [1.82, 2.24) is 10.3 Å². The summed E-state index contributed by atoms with van der Waals surface area (Å²) in [5.41, 5.74) is 5.88. The van der Waals surface area contributed by atoms with Gasteiger partial charge in [0.05, 0.1) is 15.7 Å². The predicted octanol–water partition coefficient (Wildman–Crippen LogP) is 0.999. The van der Waals surface area contributed by atoms with Gasteiger partial charge in [-0.15, -0.1) is 24.2 Å². The molecule has 0 bridgehead atoms. The number of thiazole rings is 1. The molecule has 4 N–H and O–H groups in total. The Balaban J connectivity index is 0.00000324. The molecule has 6 nitrogen and oxygen atoms in total. The summed E-state index contributed by atoms with van der Waals surface area (Å²) in [4.78, 5) is 26.4. The third-order valence-corrected chi connectivity index (χ3v) is 4.41. The van der Waals surface area contributed by atoms with E-state index in [4.69, 9.17) is 5.73 Å². The largest absolute Gasteiger partial charge is 0.369 e. The number of anilines is 1. The Morgan fingerprint density at radius 3 is 2.74 bits per heavy atom. The normalized spacial score (nSPS) is 9.79. The molecule has 108 valence electrons. The first-order valence-corrected chi connectivity index (χ1v) is 7.16. The molecule has 0 aromatic carbocycles. The number of nitrogens with zero attached hydrogens (tertiary/aromatic N) is 1. The summed E-state index contributed by atoms with van der Waals surface area (Å²) in [5, 5.41) is 6.18. The van der Waals surface area contributed by atoms with Gasteiger partial charge in [0.25, 0.3) is 0 Å². The first kappa shape index (κ1) is 18.2. The quantitative estimate of drug-likeness (QED) is 0.650. The van der Waals surface area contributed by atoms with E-state index in [2.05, 4.69) is 15.6 Å². The molecule has 0 saturated heterocycles. The third-order valence-electron chi connectivity index (χ3n) is 1.95. The first-order chi connectivity index (χ1) is 8.52. The second-order valence-corrected chi connectivity index (χ2v) is 5.79. The Labute approximate surface area is 126 Å². The van der Waals surface area contributed by atoms with Crippen LogP contribution in [0, 0.1) is 6.92 Å². The summed E-state index contributed by atoms with van der Waals surface area (Å²) in [5.74, 6) is -0.229. The maximum absolute atomic E-state index is 11.5. The zero-order valence-corrected chi connectivity index (χ0v) is 13.1. The van der Waals surface area contributed by atoms with E-state index in [-0.39, 0.29) is 30.0 Å². The van der Waals surface area contributed by atoms with E-state index in [1.807, 2.05) is 6.92 Å². The van der Waals surface area contributed by atoms with Crippen molar-refractivity contribution in [2.75, 3.05) is 24.7 Å². The Bertz CT molecular complexity index is 439. The fraction of sp³-hybridized carbons (Fsp3) is 0.500. The fourth-order valence-electron chi connectivity index (χ4n) is 1.13. The standard InChI is InChI=1S/C10H16N4O2S2.ClH/c1-6-9(17-5-7(11)15)18-10(13-6)14-8(16)3-4-12-2;/h12H,3-5H2,1-2H3,(H2,11,15)(H,13,14,16);1H. The second kappa shape index (κ2) is 9.13. The van der Waals surface area contributed by atoms with Crippen LogP contribution in [0.3, 0.4) is 0 Å². The Morgan fingerprint density at radius 1 is 1.47 bits per heavy atom. The number of aromatic nitrogens is 1. The molecule has 0 aliphatic carbocycles. The van der Waals surface area contributed by atoms with Gasteiger partial charge in [-0.3, -0.25) is 9.59 Å². The van der Waals surface area contributed by atoms with Gasteiger partial charge in [-0.1, -0.05) is 11.3 Å². The van der Waals surface area contributed by atoms with Gasteiger partial charge >= 0.3 is 0 Å². The van der Waals surface area contributed by atoms with E-state index < -0.39 is 0 Å². The second-order valence-electron chi connectivity index (χ2n) is 3.55. The summed E-state index contributed by atoms with van der Waals surface area (Å²) in [7, 11) is 1.79. The van der Waals surface area contributed by atoms with Crippen LogP contribution in [0.4, 0.5) is 5.13 Å². The van der Waals surface area contributed by atoms with Crippen molar-refractivity contribution in [2.24, 2.45) is 5.73 Å². The molecule has 1 aromatic rings. The highest BCUT2D eigenvalue weighted by Gasteiger charge is 2.11. The minimum absolute atomic E-state index is 0. The number of rotatable bonds is 7. The predicted molar refractivity (Wildman–Crippen MR) is 81.2 cm³/mol. The summed E-state index contributed by atoms with van der Waals surface area (Å²) < 4.78 is 0.901. The Kier molecular flexibility index (Phi) is 8.73. The van der Waals surface area contributed by atoms with Crippen LogP contribution in [0.15, 0.2) is 4.21 Å². The van der Waals surface area contributed by atoms with Crippen LogP contribution in [0.25, 0.3) is 0 Å². The number of aryl methyl sites for hydroxylation is 1. The van der Waals surface area contributed by atoms with Crippen LogP contribution >= 0.6 is 35.5 Å². The number of nitrogens with one attached hydrogen (secondary N) is 2. The van der Waals surface area contributed by atoms with E-state index >= 15 is 0 Å². The van der Waals surface area contributed by atoms with Crippen molar-refractivity contribution in [3.8, 4) is 0 Å². The van der Waals surface area contributed by atoms with Crippen molar-refractivity contribution >= 4 is 52.5 Å². The monoisotopic (exact) mass is 324 g/mol. The van der Waals surface area contributed by atoms with Gasteiger partial charge in [-0.25, -0.2) is 4.98 Å². The molecule has 2 amide bonds. The number of primary amides is 1. The van der Waals surface area contributed by atoms with Gasteiger partial charge in [0, 0.05) is 13.0 Å². The summed E-state index contributed by atoms with van der Waals surface area (Å²) in [6.45, 7) is 2.46. The topological polar surface area (TPSA) is 97.1 Å². The lowest BCUT2D eigenvalue weighted by Crippen LogP contribution is -2.18. The van der Waals surface area contributed by atoms with Crippen LogP contribution in [0.2, 0.25) is 0 Å². The lowest BCUT2D eigenvalue weighted by atomic mass is 10.4. The first-order valence-electron chi connectivity index (χ1n) is 5.36. The number of thioether (sulfide) groups is 1. The van der Waals surface area contributed by atoms with Crippen LogP contribution in [0.5, 0.6) is 0 Å². The molecular formula is C10H17ClN4O2S2. The minimum Gasteiger partial charge on any atom is -0.369 e. The number of carbonyl (C=O) groups excluding carboxylic acids is 2. The lowest BCUT2D eigenvalue weighted by Gasteiger charge is -1.99. The van der Waals surface area contributed by atoms with Crippen LogP contribution in [0.1, 0.15) is 12.1 Å². The van der Waals surface area contributed by atoms with Gasteiger partial charge in [-0.05, 0) is 14.0 Å². The number of amides is 2. The average Bonchev–Trinajstić information content (AvgIpc) is 2.64. The molecule has 0 spiro atoms. The van der Waals surface area contributed by atoms with E-state index in [0.29, 0.717) is 18.1 Å². The molecule has 9 heteroatoms. The maximum atomic E-state index is 11.5. The highest BCUT2D eigenvalue weighted by Crippen LogP contribution is 2.31. The maximum Gasteiger partial charge on any atom is 0.227 e. The van der Waals surface area contributed by atoms with Gasteiger partial charge in [0.1, 0.15) is 0 Å². The van der Waals surface area contributed by atoms with Gasteiger partial charge < -0.3 is 16.4 Å². The third kappa shape index (κ3) is 6.76. The summed E-state index contributed by atoms with van der Waals surface area (Å²) in [6, 6.07) is 0. The SMILES string of the molecule is CNCCC(=O)Nc1nc(C)c(SCC(N)=O)s1.Cl. The van der Waals surface area contributed by atoms with Crippen molar-refractivity contribution in [1.29, 1.82) is 0 Å². The average molecular weight is 325 g/mol. The molecule has 0 atom stereocenters. The fourth-order valence-corrected chi connectivity index (χ4v) is 3.02. The Hall–Kier alpha value is -0.830. The van der Waals surface area contributed by atoms with Crippen molar-refractivity contribution in [3.63, 3.8) is 0 Å². The van der Waals surface area contributed by atoms with Crippen molar-refractivity contribution in [3.05, 3.63) is 5.69 Å². The van der Waals surface area contributed by atoms with Crippen molar-refractivity contribution in [2.45, 2.75) is 17.6 Å². The molecule has 0 radical (unpaired) electrons. The van der Waals surface area contributed by atoms with Crippen LogP contribution in [-0.2, 0) is 9.59 Å². The number of halogens is 1. The molecule has 1 heterocycles. The number of hydrogen-bond donors (Lipinski definition) is 3.